The van der Waals surface area contributed by atoms with E-state index >= 15 is 0 Å². The molecule has 3 heteroatoms. The first-order chi connectivity index (χ1) is 6.19. The van der Waals surface area contributed by atoms with E-state index in [1.54, 1.807) is 7.11 Å². The van der Waals surface area contributed by atoms with Crippen LogP contribution in [0.5, 0.6) is 5.75 Å². The van der Waals surface area contributed by atoms with E-state index in [2.05, 4.69) is 0 Å². The Labute approximate surface area is 83.6 Å². The molecule has 0 saturated carbocycles. The van der Waals surface area contributed by atoms with Gasteiger partial charge in [0.05, 0.1) is 12.1 Å². The quantitative estimate of drug-likeness (QED) is 0.813. The second kappa shape index (κ2) is 4.49. The Morgan fingerprint density at radius 3 is 2.77 bits per heavy atom. The highest BCUT2D eigenvalue weighted by Crippen LogP contribution is 2.27. The monoisotopic (exact) mass is 199 g/mol. The van der Waals surface area contributed by atoms with Gasteiger partial charge in [-0.3, -0.25) is 0 Å². The van der Waals surface area contributed by atoms with Crippen LogP contribution in [0.2, 0.25) is 5.02 Å². The molecule has 0 bridgehead atoms. The highest BCUT2D eigenvalue weighted by Gasteiger charge is 2.06. The molecule has 1 aromatic rings. The van der Waals surface area contributed by atoms with Crippen LogP contribution >= 0.6 is 11.6 Å². The van der Waals surface area contributed by atoms with Crippen LogP contribution in [0.1, 0.15) is 24.9 Å². The molecule has 0 spiro atoms. The molecule has 13 heavy (non-hydrogen) atoms. The lowest BCUT2D eigenvalue weighted by Crippen LogP contribution is -2.08. The topological polar surface area (TPSA) is 35.2 Å². The van der Waals surface area contributed by atoms with Gasteiger partial charge in [0, 0.05) is 6.04 Å². The Hall–Kier alpha value is -0.730. The maximum atomic E-state index is 5.88. The summed E-state index contributed by atoms with van der Waals surface area (Å²) in [6, 6.07) is 5.69. The molecule has 72 valence electrons. The maximum Gasteiger partial charge on any atom is 0.137 e. The zero-order valence-electron chi connectivity index (χ0n) is 7.88. The van der Waals surface area contributed by atoms with E-state index in [0.717, 1.165) is 12.0 Å². The van der Waals surface area contributed by atoms with E-state index in [4.69, 9.17) is 22.1 Å². The summed E-state index contributed by atoms with van der Waals surface area (Å²) >= 11 is 5.88. The molecule has 0 aliphatic carbocycles. The molecular weight excluding hydrogens is 186 g/mol. The fraction of sp³-hybridized carbons (Fsp3) is 0.400. The van der Waals surface area contributed by atoms with Crippen molar-refractivity contribution in [3.05, 3.63) is 28.8 Å². The summed E-state index contributed by atoms with van der Waals surface area (Å²) in [5.41, 5.74) is 6.93. The van der Waals surface area contributed by atoms with Crippen LogP contribution < -0.4 is 10.5 Å². The summed E-state index contributed by atoms with van der Waals surface area (Å²) in [5.74, 6) is 0.683. The van der Waals surface area contributed by atoms with Crippen LogP contribution in [-0.2, 0) is 0 Å². The molecule has 0 aromatic heterocycles. The van der Waals surface area contributed by atoms with Gasteiger partial charge >= 0.3 is 0 Å². The molecule has 1 aromatic carbocycles. The van der Waals surface area contributed by atoms with Crippen LogP contribution in [0.3, 0.4) is 0 Å². The van der Waals surface area contributed by atoms with Crippen molar-refractivity contribution < 1.29 is 4.74 Å². The Kier molecular flexibility index (Phi) is 3.58. The molecule has 2 nitrogen and oxygen atoms in total. The van der Waals surface area contributed by atoms with Crippen molar-refractivity contribution in [3.63, 3.8) is 0 Å². The molecule has 1 rings (SSSR count). The first kappa shape index (κ1) is 10.4. The summed E-state index contributed by atoms with van der Waals surface area (Å²) < 4.78 is 5.09. The number of nitrogens with two attached hydrogens (primary N) is 1. The predicted molar refractivity (Wildman–Crippen MR) is 55.2 cm³/mol. The van der Waals surface area contributed by atoms with Crippen molar-refractivity contribution in [2.45, 2.75) is 19.4 Å². The Morgan fingerprint density at radius 2 is 2.23 bits per heavy atom. The minimum absolute atomic E-state index is 0.0613. The zero-order chi connectivity index (χ0) is 9.84. The predicted octanol–water partition coefficient (Wildman–Crippen LogP) is 2.76. The molecule has 0 aliphatic rings. The van der Waals surface area contributed by atoms with Crippen LogP contribution in [0.15, 0.2) is 18.2 Å². The second-order valence-electron chi connectivity index (χ2n) is 2.91. The standard InChI is InChI=1S/C10H14ClNO/c1-3-9(12)7-4-5-8(11)10(6-7)13-2/h4-6,9H,3,12H2,1-2H3/t9-/m1/s1. The van der Waals surface area contributed by atoms with Crippen molar-refractivity contribution >= 4 is 11.6 Å². The molecule has 0 unspecified atom stereocenters. The zero-order valence-corrected chi connectivity index (χ0v) is 8.64. The fourth-order valence-electron chi connectivity index (χ4n) is 1.14. The molecule has 0 radical (unpaired) electrons. The lowest BCUT2D eigenvalue weighted by molar-refractivity contribution is 0.414. The SMILES string of the molecule is CC[C@@H](N)c1ccc(Cl)c(OC)c1. The first-order valence-electron chi connectivity index (χ1n) is 4.28. The van der Waals surface area contributed by atoms with Gasteiger partial charge in [0.15, 0.2) is 0 Å². The molecule has 0 aliphatic heterocycles. The van der Waals surface area contributed by atoms with E-state index in [0.29, 0.717) is 10.8 Å². The summed E-state index contributed by atoms with van der Waals surface area (Å²) in [5, 5.41) is 0.620. The van der Waals surface area contributed by atoms with Gasteiger partial charge in [0.25, 0.3) is 0 Å². The third-order valence-electron chi connectivity index (χ3n) is 2.04. The van der Waals surface area contributed by atoms with Gasteiger partial charge in [-0.05, 0) is 24.1 Å². The normalized spacial score (nSPS) is 12.6. The lowest BCUT2D eigenvalue weighted by Gasteiger charge is -2.11. The summed E-state index contributed by atoms with van der Waals surface area (Å²) in [6.07, 6.45) is 0.908. The average molecular weight is 200 g/mol. The number of methoxy groups -OCH3 is 1. The summed E-state index contributed by atoms with van der Waals surface area (Å²) in [7, 11) is 1.60. The van der Waals surface area contributed by atoms with E-state index in [9.17, 15) is 0 Å². The highest BCUT2D eigenvalue weighted by molar-refractivity contribution is 6.32. The van der Waals surface area contributed by atoms with Gasteiger partial charge in [-0.1, -0.05) is 24.6 Å². The Bertz CT molecular complexity index is 288. The van der Waals surface area contributed by atoms with Crippen molar-refractivity contribution in [3.8, 4) is 5.75 Å². The fourth-order valence-corrected chi connectivity index (χ4v) is 1.34. The number of benzene rings is 1. The van der Waals surface area contributed by atoms with E-state index < -0.39 is 0 Å². The van der Waals surface area contributed by atoms with Crippen LogP contribution in [-0.4, -0.2) is 7.11 Å². The van der Waals surface area contributed by atoms with Gasteiger partial charge in [-0.2, -0.15) is 0 Å². The Balaban J connectivity index is 2.99. The third kappa shape index (κ3) is 2.36. The molecular formula is C10H14ClNO. The highest BCUT2D eigenvalue weighted by atomic mass is 35.5. The van der Waals surface area contributed by atoms with Crippen LogP contribution in [0, 0.1) is 0 Å². The number of hydrogen-bond donors (Lipinski definition) is 1. The van der Waals surface area contributed by atoms with Crippen molar-refractivity contribution in [2.24, 2.45) is 5.73 Å². The number of rotatable bonds is 3. The molecule has 0 heterocycles. The Morgan fingerprint density at radius 1 is 1.54 bits per heavy atom. The number of hydrogen-bond acceptors (Lipinski definition) is 2. The number of ether oxygens (including phenoxy) is 1. The smallest absolute Gasteiger partial charge is 0.137 e. The van der Waals surface area contributed by atoms with Crippen molar-refractivity contribution in [1.82, 2.24) is 0 Å². The largest absolute Gasteiger partial charge is 0.495 e. The maximum absolute atomic E-state index is 5.88. The van der Waals surface area contributed by atoms with Gasteiger partial charge in [0.2, 0.25) is 0 Å². The first-order valence-corrected chi connectivity index (χ1v) is 4.65. The van der Waals surface area contributed by atoms with E-state index in [1.807, 2.05) is 25.1 Å². The molecule has 2 N–H and O–H groups in total. The lowest BCUT2D eigenvalue weighted by atomic mass is 10.1. The second-order valence-corrected chi connectivity index (χ2v) is 3.32. The average Bonchev–Trinajstić information content (AvgIpc) is 2.17. The van der Waals surface area contributed by atoms with Gasteiger partial charge in [-0.25, -0.2) is 0 Å². The summed E-state index contributed by atoms with van der Waals surface area (Å²) in [6.45, 7) is 2.05. The third-order valence-corrected chi connectivity index (χ3v) is 2.36. The molecule has 0 amide bonds. The minimum atomic E-state index is 0.0613. The summed E-state index contributed by atoms with van der Waals surface area (Å²) in [4.78, 5) is 0. The minimum Gasteiger partial charge on any atom is -0.495 e. The molecule has 1 atom stereocenters. The van der Waals surface area contributed by atoms with Gasteiger partial charge < -0.3 is 10.5 Å². The van der Waals surface area contributed by atoms with E-state index in [1.165, 1.54) is 0 Å². The van der Waals surface area contributed by atoms with Crippen molar-refractivity contribution in [2.75, 3.05) is 7.11 Å². The molecule has 0 saturated heterocycles. The molecule has 0 fully saturated rings. The van der Waals surface area contributed by atoms with Crippen LogP contribution in [0.4, 0.5) is 0 Å². The van der Waals surface area contributed by atoms with Crippen molar-refractivity contribution in [1.29, 1.82) is 0 Å². The van der Waals surface area contributed by atoms with E-state index in [-0.39, 0.29) is 6.04 Å². The van der Waals surface area contributed by atoms with Gasteiger partial charge in [0.1, 0.15) is 5.75 Å². The van der Waals surface area contributed by atoms with Gasteiger partial charge in [-0.15, -0.1) is 0 Å². The van der Waals surface area contributed by atoms with Crippen LogP contribution in [0.25, 0.3) is 0 Å². The number of halogens is 1.